The first kappa shape index (κ1) is 21.3. The topological polar surface area (TPSA) is 56.9 Å². The Hall–Kier alpha value is -0.740. The molecular weight excluding hydrogens is 437 g/mol. The average molecular weight is 465 g/mol. The highest BCUT2D eigenvalue weighted by molar-refractivity contribution is 14.0. The molecule has 0 saturated carbocycles. The molecule has 2 heterocycles. The summed E-state index contributed by atoms with van der Waals surface area (Å²) in [5.41, 5.74) is 0.998. The lowest BCUT2D eigenvalue weighted by atomic mass is 10.3. The molecular formula is C16H28IN5OS. The van der Waals surface area contributed by atoms with Crippen LogP contribution in [-0.2, 0) is 6.54 Å². The van der Waals surface area contributed by atoms with E-state index in [9.17, 15) is 0 Å². The van der Waals surface area contributed by atoms with Crippen molar-refractivity contribution in [2.45, 2.75) is 13.5 Å². The van der Waals surface area contributed by atoms with E-state index < -0.39 is 0 Å². The third kappa shape index (κ3) is 7.43. The zero-order valence-electron chi connectivity index (χ0n) is 14.3. The molecule has 1 saturated heterocycles. The van der Waals surface area contributed by atoms with Gasteiger partial charge in [-0.05, 0) is 6.92 Å². The number of rotatable bonds is 8. The fourth-order valence-electron chi connectivity index (χ4n) is 2.47. The minimum absolute atomic E-state index is 0. The maximum absolute atomic E-state index is 4.90. The molecule has 0 unspecified atom stereocenters. The number of halogens is 1. The number of aliphatic imine (C=N–C) groups is 1. The normalized spacial score (nSPS) is 15.9. The maximum atomic E-state index is 4.90. The first-order valence-electron chi connectivity index (χ1n) is 8.17. The minimum Gasteiger partial charge on any atom is -0.364 e. The molecule has 2 rings (SSSR count). The van der Waals surface area contributed by atoms with Gasteiger partial charge in [-0.1, -0.05) is 11.2 Å². The molecule has 1 N–H and O–H groups in total. The first-order chi connectivity index (χ1) is 11.3. The Labute approximate surface area is 166 Å². The lowest BCUT2D eigenvalue weighted by Gasteiger charge is -2.36. The van der Waals surface area contributed by atoms with Gasteiger partial charge in [0.15, 0.2) is 5.96 Å². The summed E-state index contributed by atoms with van der Waals surface area (Å²) in [6, 6.07) is 1.93. The molecule has 136 valence electrons. The van der Waals surface area contributed by atoms with Crippen molar-refractivity contribution < 1.29 is 4.52 Å². The van der Waals surface area contributed by atoms with Crippen molar-refractivity contribution in [3.05, 3.63) is 30.7 Å². The molecule has 0 spiro atoms. The number of aromatic nitrogens is 1. The predicted molar refractivity (Wildman–Crippen MR) is 112 cm³/mol. The average Bonchev–Trinajstić information content (AvgIpc) is 3.07. The van der Waals surface area contributed by atoms with E-state index in [0.29, 0.717) is 0 Å². The largest absolute Gasteiger partial charge is 0.364 e. The summed E-state index contributed by atoms with van der Waals surface area (Å²) in [6.45, 7) is 12.5. The number of hydrogen-bond acceptors (Lipinski definition) is 5. The number of guanidine groups is 1. The van der Waals surface area contributed by atoms with Gasteiger partial charge >= 0.3 is 0 Å². The smallest absolute Gasteiger partial charge is 0.194 e. The van der Waals surface area contributed by atoms with Crippen LogP contribution in [-0.4, -0.2) is 71.7 Å². The maximum Gasteiger partial charge on any atom is 0.194 e. The lowest BCUT2D eigenvalue weighted by molar-refractivity contribution is 0.169. The van der Waals surface area contributed by atoms with E-state index in [4.69, 9.17) is 9.52 Å². The monoisotopic (exact) mass is 465 g/mol. The molecule has 1 aliphatic heterocycles. The highest BCUT2D eigenvalue weighted by atomic mass is 127. The molecule has 0 aliphatic carbocycles. The fourth-order valence-corrected chi connectivity index (χ4v) is 3.03. The second-order valence-corrected chi connectivity index (χ2v) is 6.50. The zero-order valence-corrected chi connectivity index (χ0v) is 17.5. The third-order valence-corrected chi connectivity index (χ3v) is 4.56. The number of thioether (sulfide) groups is 1. The number of nitrogens with one attached hydrogen (secondary N) is 1. The fraction of sp³-hybridized carbons (Fsp3) is 0.625. The van der Waals surface area contributed by atoms with Crippen LogP contribution in [0.15, 0.2) is 34.5 Å². The predicted octanol–water partition coefficient (Wildman–Crippen LogP) is 2.29. The number of piperazine rings is 1. The SMILES string of the molecule is C=CCSCCN=C(NCC)N1CCN(Cc2ccon2)CC1.I. The van der Waals surface area contributed by atoms with Gasteiger partial charge in [0.25, 0.3) is 0 Å². The van der Waals surface area contributed by atoms with Crippen molar-refractivity contribution in [2.75, 3.05) is 50.8 Å². The Morgan fingerprint density at radius 3 is 2.88 bits per heavy atom. The van der Waals surface area contributed by atoms with Crippen molar-refractivity contribution in [3.63, 3.8) is 0 Å². The Bertz CT molecular complexity index is 475. The van der Waals surface area contributed by atoms with Crippen LogP contribution in [0, 0.1) is 0 Å². The van der Waals surface area contributed by atoms with Crippen LogP contribution in [0.2, 0.25) is 0 Å². The van der Waals surface area contributed by atoms with E-state index in [-0.39, 0.29) is 24.0 Å². The Morgan fingerprint density at radius 2 is 2.25 bits per heavy atom. The Kier molecular flexibility index (Phi) is 11.2. The van der Waals surface area contributed by atoms with Gasteiger partial charge in [-0.25, -0.2) is 0 Å². The van der Waals surface area contributed by atoms with Gasteiger partial charge in [-0.3, -0.25) is 9.89 Å². The molecule has 0 radical (unpaired) electrons. The summed E-state index contributed by atoms with van der Waals surface area (Å²) in [5, 5.41) is 7.39. The molecule has 1 aromatic rings. The first-order valence-corrected chi connectivity index (χ1v) is 9.32. The Balaban J connectivity index is 0.00000288. The summed E-state index contributed by atoms with van der Waals surface area (Å²) in [6.07, 6.45) is 3.57. The standard InChI is InChI=1S/C16H27N5OS.HI/c1-3-12-23-13-6-18-16(17-4-2)21-9-7-20(8-10-21)14-15-5-11-22-19-15;/h3,5,11H,1,4,6-10,12-14H2,2H3,(H,17,18);1H. The van der Waals surface area contributed by atoms with E-state index in [0.717, 1.165) is 69.0 Å². The van der Waals surface area contributed by atoms with Crippen LogP contribution in [0.1, 0.15) is 12.6 Å². The van der Waals surface area contributed by atoms with Gasteiger partial charge in [-0.2, -0.15) is 11.8 Å². The van der Waals surface area contributed by atoms with Crippen LogP contribution in [0.4, 0.5) is 0 Å². The van der Waals surface area contributed by atoms with Crippen molar-refractivity contribution in [1.29, 1.82) is 0 Å². The van der Waals surface area contributed by atoms with Crippen LogP contribution in [0.25, 0.3) is 0 Å². The van der Waals surface area contributed by atoms with Crippen LogP contribution < -0.4 is 5.32 Å². The van der Waals surface area contributed by atoms with Crippen LogP contribution >= 0.6 is 35.7 Å². The molecule has 1 aliphatic rings. The van der Waals surface area contributed by atoms with Gasteiger partial charge in [0.2, 0.25) is 0 Å². The van der Waals surface area contributed by atoms with Gasteiger partial charge in [0.05, 0.1) is 12.2 Å². The molecule has 6 nitrogen and oxygen atoms in total. The summed E-state index contributed by atoms with van der Waals surface area (Å²) < 4.78 is 4.90. The van der Waals surface area contributed by atoms with E-state index in [1.54, 1.807) is 6.26 Å². The number of nitrogens with zero attached hydrogens (tertiary/aromatic N) is 4. The van der Waals surface area contributed by atoms with Crippen molar-refractivity contribution in [3.8, 4) is 0 Å². The molecule has 0 bridgehead atoms. The van der Waals surface area contributed by atoms with E-state index >= 15 is 0 Å². The van der Waals surface area contributed by atoms with Crippen molar-refractivity contribution in [1.82, 2.24) is 20.3 Å². The highest BCUT2D eigenvalue weighted by Gasteiger charge is 2.20. The third-order valence-electron chi connectivity index (χ3n) is 3.62. The van der Waals surface area contributed by atoms with E-state index in [1.807, 2.05) is 23.9 Å². The lowest BCUT2D eigenvalue weighted by Crippen LogP contribution is -2.52. The summed E-state index contributed by atoms with van der Waals surface area (Å²) in [4.78, 5) is 9.49. The molecule has 1 aromatic heterocycles. The van der Waals surface area contributed by atoms with Crippen molar-refractivity contribution in [2.24, 2.45) is 4.99 Å². The molecule has 0 amide bonds. The van der Waals surface area contributed by atoms with Gasteiger partial charge in [-0.15, -0.1) is 30.6 Å². The minimum atomic E-state index is 0. The quantitative estimate of drug-likeness (QED) is 0.209. The van der Waals surface area contributed by atoms with E-state index in [2.05, 4.69) is 33.8 Å². The summed E-state index contributed by atoms with van der Waals surface area (Å²) in [7, 11) is 0. The molecule has 8 heteroatoms. The molecule has 24 heavy (non-hydrogen) atoms. The second kappa shape index (κ2) is 12.6. The molecule has 1 fully saturated rings. The molecule has 0 atom stereocenters. The Morgan fingerprint density at radius 1 is 1.46 bits per heavy atom. The van der Waals surface area contributed by atoms with Crippen LogP contribution in [0.5, 0.6) is 0 Å². The van der Waals surface area contributed by atoms with Crippen molar-refractivity contribution >= 4 is 41.7 Å². The van der Waals surface area contributed by atoms with Gasteiger partial charge < -0.3 is 14.7 Å². The second-order valence-electron chi connectivity index (χ2n) is 5.35. The highest BCUT2D eigenvalue weighted by Crippen LogP contribution is 2.07. The summed E-state index contributed by atoms with van der Waals surface area (Å²) in [5.74, 6) is 3.06. The summed E-state index contributed by atoms with van der Waals surface area (Å²) >= 11 is 1.87. The zero-order chi connectivity index (χ0) is 16.3. The van der Waals surface area contributed by atoms with Crippen LogP contribution in [0.3, 0.4) is 0 Å². The number of hydrogen-bond donors (Lipinski definition) is 1. The van der Waals surface area contributed by atoms with Gasteiger partial charge in [0, 0.05) is 56.8 Å². The van der Waals surface area contributed by atoms with E-state index in [1.165, 1.54) is 0 Å². The van der Waals surface area contributed by atoms with Gasteiger partial charge in [0.1, 0.15) is 6.26 Å². The molecule has 0 aromatic carbocycles.